The van der Waals surface area contributed by atoms with Crippen molar-refractivity contribution in [3.05, 3.63) is 47.7 Å². The average Bonchev–Trinajstić information content (AvgIpc) is 3.29. The van der Waals surface area contributed by atoms with Gasteiger partial charge < -0.3 is 38.7 Å². The molecule has 3 rings (SSSR count). The number of nitrogens with two attached hydrogens (primary N) is 1. The minimum atomic E-state index is -0.618. The Labute approximate surface area is 209 Å². The van der Waals surface area contributed by atoms with E-state index >= 15 is 0 Å². The summed E-state index contributed by atoms with van der Waals surface area (Å²) in [7, 11) is 3.20. The summed E-state index contributed by atoms with van der Waals surface area (Å²) in [6, 6.07) is 9.09. The third-order valence-corrected chi connectivity index (χ3v) is 6.40. The van der Waals surface area contributed by atoms with Gasteiger partial charge in [0.05, 0.1) is 24.8 Å². The summed E-state index contributed by atoms with van der Waals surface area (Å²) < 4.78 is 15.4. The number of primary amides is 1. The molecule has 1 heterocycles. The Kier molecular flexibility index (Phi) is 9.43. The lowest BCUT2D eigenvalue weighted by Crippen LogP contribution is -3.00. The van der Waals surface area contributed by atoms with Gasteiger partial charge in [-0.05, 0) is 65.8 Å². The Bertz CT molecular complexity index is 1180. The van der Waals surface area contributed by atoms with Crippen LogP contribution in [0.15, 0.2) is 36.5 Å². The lowest BCUT2D eigenvalue weighted by atomic mass is 9.99. The summed E-state index contributed by atoms with van der Waals surface area (Å²) in [5.41, 5.74) is 14.6. The van der Waals surface area contributed by atoms with Gasteiger partial charge >= 0.3 is 0 Å². The minimum Gasteiger partial charge on any atom is -1.00 e. The van der Waals surface area contributed by atoms with Crippen molar-refractivity contribution < 1.29 is 37.2 Å². The first kappa shape index (κ1) is 27.1. The number of rotatable bonds is 9. The van der Waals surface area contributed by atoms with Crippen LogP contribution >= 0.6 is 11.5 Å². The van der Waals surface area contributed by atoms with Gasteiger partial charge in [-0.25, -0.2) is 0 Å². The van der Waals surface area contributed by atoms with Crippen LogP contribution in [0.5, 0.6) is 11.5 Å². The lowest BCUT2D eigenvalue weighted by Gasteiger charge is -2.14. The van der Waals surface area contributed by atoms with E-state index in [1.807, 2.05) is 31.3 Å². The first-order valence-corrected chi connectivity index (χ1v) is 11.2. The molecule has 182 valence electrons. The highest BCUT2D eigenvalue weighted by Gasteiger charge is 2.21. The topological polar surface area (TPSA) is 131 Å². The summed E-state index contributed by atoms with van der Waals surface area (Å²) in [6.45, 7) is 4.08. The van der Waals surface area contributed by atoms with Gasteiger partial charge in [0, 0.05) is 24.6 Å². The molecule has 0 spiro atoms. The van der Waals surface area contributed by atoms with Crippen LogP contribution in [0, 0.1) is 13.8 Å². The average molecular weight is 505 g/mol. The van der Waals surface area contributed by atoms with Gasteiger partial charge in [-0.1, -0.05) is 12.1 Å². The van der Waals surface area contributed by atoms with Gasteiger partial charge in [0.15, 0.2) is 6.04 Å². The molecule has 0 saturated heterocycles. The van der Waals surface area contributed by atoms with Crippen molar-refractivity contribution in [2.75, 3.05) is 19.5 Å². The second kappa shape index (κ2) is 11.8. The summed E-state index contributed by atoms with van der Waals surface area (Å²) in [5.74, 6) is 0.571. The van der Waals surface area contributed by atoms with Gasteiger partial charge in [-0.3, -0.25) is 9.59 Å². The fourth-order valence-electron chi connectivity index (χ4n) is 3.48. The lowest BCUT2D eigenvalue weighted by molar-refractivity contribution is -0.403. The number of nitrogens with zero attached hydrogens (tertiary/aromatic N) is 1. The van der Waals surface area contributed by atoms with Crippen LogP contribution in [0.4, 0.5) is 5.69 Å². The molecular formula is C24H29ClN4O4S. The van der Waals surface area contributed by atoms with Crippen LogP contribution < -0.4 is 38.7 Å². The smallest absolute Gasteiger partial charge is 0.282 e. The second-order valence-corrected chi connectivity index (χ2v) is 8.60. The van der Waals surface area contributed by atoms with Gasteiger partial charge in [0.2, 0.25) is 5.91 Å². The summed E-state index contributed by atoms with van der Waals surface area (Å²) >= 11 is 1.40. The molecule has 1 aromatic heterocycles. The maximum Gasteiger partial charge on any atom is 0.282 e. The van der Waals surface area contributed by atoms with Crippen molar-refractivity contribution in [3.8, 4) is 33.1 Å². The predicted octanol–water partition coefficient (Wildman–Crippen LogP) is -0.0704. The number of anilines is 1. The second-order valence-electron chi connectivity index (χ2n) is 7.80. The van der Waals surface area contributed by atoms with Crippen LogP contribution in [0.1, 0.15) is 24.0 Å². The number of halogens is 1. The number of benzene rings is 2. The molecule has 0 bridgehead atoms. The van der Waals surface area contributed by atoms with E-state index in [1.165, 1.54) is 11.5 Å². The summed E-state index contributed by atoms with van der Waals surface area (Å²) in [4.78, 5) is 24.6. The zero-order valence-electron chi connectivity index (χ0n) is 19.6. The molecular weight excluding hydrogens is 476 g/mol. The fourth-order valence-corrected chi connectivity index (χ4v) is 4.23. The highest BCUT2D eigenvalue weighted by atomic mass is 35.5. The standard InChI is InChI=1S/C24H28N4O4S.ClH/c1-13-9-16(11-21(32-4)14(13)2)23-17(12-27-33-23)15-5-7-20(31-3)19(10-15)28-24(30)18(25)6-8-22(26)29;/h5,7,9-12,18H,6,8,25H2,1-4H3,(H2,26,29)(H,28,30);1H/t18-;/m0./s1. The Morgan fingerprint density at radius 1 is 1.12 bits per heavy atom. The zero-order valence-corrected chi connectivity index (χ0v) is 21.2. The van der Waals surface area contributed by atoms with Crippen molar-refractivity contribution in [3.63, 3.8) is 0 Å². The number of amides is 2. The number of nitrogens with one attached hydrogen (secondary N) is 1. The monoisotopic (exact) mass is 504 g/mol. The number of ether oxygens (including phenoxy) is 2. The molecule has 2 aromatic carbocycles. The van der Waals surface area contributed by atoms with Gasteiger partial charge in [-0.2, -0.15) is 4.37 Å². The van der Waals surface area contributed by atoms with E-state index in [-0.39, 0.29) is 31.2 Å². The Balaban J connectivity index is 0.00000408. The minimum absolute atomic E-state index is 0. The van der Waals surface area contributed by atoms with Gasteiger partial charge in [0.25, 0.3) is 5.91 Å². The number of aryl methyl sites for hydroxylation is 1. The quantitative estimate of drug-likeness (QED) is 0.375. The van der Waals surface area contributed by atoms with Crippen molar-refractivity contribution in [2.45, 2.75) is 32.7 Å². The Morgan fingerprint density at radius 3 is 2.47 bits per heavy atom. The summed E-state index contributed by atoms with van der Waals surface area (Å²) in [6.07, 6.45) is 2.19. The molecule has 6 N–H and O–H groups in total. The maximum atomic E-state index is 12.6. The highest BCUT2D eigenvalue weighted by molar-refractivity contribution is 7.10. The maximum absolute atomic E-state index is 12.6. The van der Waals surface area contributed by atoms with E-state index in [0.29, 0.717) is 11.4 Å². The van der Waals surface area contributed by atoms with E-state index in [2.05, 4.69) is 28.4 Å². The van der Waals surface area contributed by atoms with Crippen molar-refractivity contribution in [1.82, 2.24) is 4.37 Å². The third kappa shape index (κ3) is 6.05. The van der Waals surface area contributed by atoms with Crippen molar-refractivity contribution in [1.29, 1.82) is 0 Å². The normalized spacial score (nSPS) is 11.3. The van der Waals surface area contributed by atoms with Gasteiger partial charge in [-0.15, -0.1) is 0 Å². The Morgan fingerprint density at radius 2 is 1.82 bits per heavy atom. The van der Waals surface area contributed by atoms with Crippen LogP contribution in [0.3, 0.4) is 0 Å². The molecule has 2 amide bonds. The molecule has 10 heteroatoms. The molecule has 0 aliphatic heterocycles. The van der Waals surface area contributed by atoms with Crippen molar-refractivity contribution >= 4 is 29.0 Å². The molecule has 8 nitrogen and oxygen atoms in total. The largest absolute Gasteiger partial charge is 1.00 e. The third-order valence-electron chi connectivity index (χ3n) is 5.55. The summed E-state index contributed by atoms with van der Waals surface area (Å²) in [5, 5.41) is 2.87. The number of methoxy groups -OCH3 is 2. The van der Waals surface area contributed by atoms with Crippen LogP contribution in [-0.2, 0) is 9.59 Å². The highest BCUT2D eigenvalue weighted by Crippen LogP contribution is 2.40. The number of carbonyl (C=O) groups is 2. The molecule has 0 aliphatic carbocycles. The Hall–Kier alpha value is -3.14. The van der Waals surface area contributed by atoms with E-state index in [0.717, 1.165) is 38.4 Å². The van der Waals surface area contributed by atoms with Crippen LogP contribution in [-0.4, -0.2) is 36.4 Å². The molecule has 0 saturated carbocycles. The van der Waals surface area contributed by atoms with E-state index in [1.54, 1.807) is 20.3 Å². The predicted molar refractivity (Wildman–Crippen MR) is 129 cm³/mol. The number of quaternary nitrogens is 1. The molecule has 1 atom stereocenters. The number of hydrogen-bond acceptors (Lipinski definition) is 6. The molecule has 0 aliphatic rings. The fraction of sp³-hybridized carbons (Fsp3) is 0.292. The molecule has 0 radical (unpaired) electrons. The molecule has 0 unspecified atom stereocenters. The number of aromatic nitrogens is 1. The molecule has 3 aromatic rings. The van der Waals surface area contributed by atoms with Crippen molar-refractivity contribution in [2.24, 2.45) is 5.73 Å². The van der Waals surface area contributed by atoms with E-state index in [4.69, 9.17) is 15.2 Å². The molecule has 0 fully saturated rings. The first-order valence-electron chi connectivity index (χ1n) is 10.5. The van der Waals surface area contributed by atoms with Crippen LogP contribution in [0.25, 0.3) is 21.6 Å². The molecule has 34 heavy (non-hydrogen) atoms. The van der Waals surface area contributed by atoms with Crippen LogP contribution in [0.2, 0.25) is 0 Å². The number of carbonyl (C=O) groups excluding carboxylic acids is 2. The SMILES string of the molecule is COc1ccc(-c2cnsc2-c2cc(C)c(C)c(OC)c2)cc1NC(=O)[C@@H]([NH3+])CCC(N)=O.[Cl-]. The van der Waals surface area contributed by atoms with E-state index in [9.17, 15) is 9.59 Å². The first-order chi connectivity index (χ1) is 15.7. The van der Waals surface area contributed by atoms with Gasteiger partial charge in [0.1, 0.15) is 11.5 Å². The van der Waals surface area contributed by atoms with E-state index < -0.39 is 11.9 Å². The number of hydrogen-bond donors (Lipinski definition) is 3. The zero-order chi connectivity index (χ0) is 24.1.